The van der Waals surface area contributed by atoms with Gasteiger partial charge in [-0.15, -0.1) is 0 Å². The number of hydrogen-bond acceptors (Lipinski definition) is 4. The Balaban J connectivity index is 2.46. The highest BCUT2D eigenvalue weighted by molar-refractivity contribution is 5.28. The largest absolute Gasteiger partial charge is 0.494 e. The van der Waals surface area contributed by atoms with Crippen LogP contribution >= 0.6 is 0 Å². The van der Waals surface area contributed by atoms with Gasteiger partial charge in [-0.05, 0) is 45.4 Å². The lowest BCUT2D eigenvalue weighted by atomic mass is 10.1. The van der Waals surface area contributed by atoms with E-state index in [4.69, 9.17) is 14.2 Å². The molecule has 0 saturated heterocycles. The molecule has 0 spiro atoms. The first-order chi connectivity index (χ1) is 9.71. The predicted molar refractivity (Wildman–Crippen MR) is 81.1 cm³/mol. The lowest BCUT2D eigenvalue weighted by Gasteiger charge is -2.21. The molecule has 0 aliphatic rings. The van der Waals surface area contributed by atoms with Gasteiger partial charge in [-0.1, -0.05) is 12.1 Å². The standard InChI is InChI=1S/C16H27NO3/c1-5-18-15-10-8-14(9-11-15)13(4)17-12-16(19-6-2)20-7-3/h8-11,13,16-17H,5-7,12H2,1-4H3. The third kappa shape index (κ3) is 5.90. The van der Waals surface area contributed by atoms with Crippen molar-refractivity contribution in [2.24, 2.45) is 0 Å². The maximum atomic E-state index is 5.51. The van der Waals surface area contributed by atoms with Gasteiger partial charge in [-0.3, -0.25) is 0 Å². The second-order valence-corrected chi connectivity index (χ2v) is 4.47. The second kappa shape index (κ2) is 9.75. The molecule has 0 saturated carbocycles. The second-order valence-electron chi connectivity index (χ2n) is 4.47. The molecule has 1 unspecified atom stereocenters. The average Bonchev–Trinajstić information content (AvgIpc) is 2.46. The van der Waals surface area contributed by atoms with Crippen molar-refractivity contribution in [3.8, 4) is 5.75 Å². The smallest absolute Gasteiger partial charge is 0.169 e. The molecule has 4 heteroatoms. The van der Waals surface area contributed by atoms with Crippen molar-refractivity contribution >= 4 is 0 Å². The van der Waals surface area contributed by atoms with E-state index < -0.39 is 0 Å². The highest BCUT2D eigenvalue weighted by Gasteiger charge is 2.11. The number of hydrogen-bond donors (Lipinski definition) is 1. The van der Waals surface area contributed by atoms with E-state index in [2.05, 4.69) is 24.4 Å². The first kappa shape index (κ1) is 17.0. The van der Waals surface area contributed by atoms with E-state index >= 15 is 0 Å². The summed E-state index contributed by atoms with van der Waals surface area (Å²) in [5, 5.41) is 3.43. The molecule has 0 heterocycles. The molecule has 4 nitrogen and oxygen atoms in total. The number of benzene rings is 1. The van der Waals surface area contributed by atoms with Gasteiger partial charge >= 0.3 is 0 Å². The Labute approximate surface area is 122 Å². The first-order valence-corrected chi connectivity index (χ1v) is 7.40. The molecule has 0 aliphatic carbocycles. The molecule has 0 aromatic heterocycles. The first-order valence-electron chi connectivity index (χ1n) is 7.40. The molecule has 114 valence electrons. The minimum Gasteiger partial charge on any atom is -0.494 e. The molecule has 20 heavy (non-hydrogen) atoms. The Morgan fingerprint density at radius 1 is 0.950 bits per heavy atom. The minimum absolute atomic E-state index is 0.185. The van der Waals surface area contributed by atoms with Crippen LogP contribution in [-0.4, -0.2) is 32.7 Å². The topological polar surface area (TPSA) is 39.7 Å². The normalized spacial score (nSPS) is 12.7. The molecule has 1 atom stereocenters. The van der Waals surface area contributed by atoms with E-state index in [1.54, 1.807) is 0 Å². The Kier molecular flexibility index (Phi) is 8.26. The van der Waals surface area contributed by atoms with E-state index in [9.17, 15) is 0 Å². The molecule has 0 radical (unpaired) electrons. The predicted octanol–water partition coefficient (Wildman–Crippen LogP) is 3.14. The fourth-order valence-corrected chi connectivity index (χ4v) is 1.95. The van der Waals surface area contributed by atoms with E-state index in [0.29, 0.717) is 26.4 Å². The molecular formula is C16H27NO3. The summed E-state index contributed by atoms with van der Waals surface area (Å²) in [6, 6.07) is 8.41. The Morgan fingerprint density at radius 2 is 1.55 bits per heavy atom. The summed E-state index contributed by atoms with van der Waals surface area (Å²) >= 11 is 0. The van der Waals surface area contributed by atoms with E-state index in [0.717, 1.165) is 5.75 Å². The highest BCUT2D eigenvalue weighted by Crippen LogP contribution is 2.17. The van der Waals surface area contributed by atoms with Crippen LogP contribution in [0.1, 0.15) is 39.3 Å². The monoisotopic (exact) mass is 281 g/mol. The van der Waals surface area contributed by atoms with E-state index in [1.165, 1.54) is 5.56 Å². The summed E-state index contributed by atoms with van der Waals surface area (Å²) in [6.45, 7) is 10.7. The fraction of sp³-hybridized carbons (Fsp3) is 0.625. The maximum absolute atomic E-state index is 5.51. The third-order valence-electron chi connectivity index (χ3n) is 2.99. The van der Waals surface area contributed by atoms with Crippen LogP contribution in [-0.2, 0) is 9.47 Å². The van der Waals surface area contributed by atoms with Gasteiger partial charge in [0.05, 0.1) is 6.61 Å². The van der Waals surface area contributed by atoms with Crippen molar-refractivity contribution in [1.82, 2.24) is 5.32 Å². The van der Waals surface area contributed by atoms with Gasteiger partial charge < -0.3 is 19.5 Å². The summed E-state index contributed by atoms with van der Waals surface area (Å²) in [5.41, 5.74) is 1.22. The maximum Gasteiger partial charge on any atom is 0.169 e. The Bertz CT molecular complexity index is 347. The zero-order valence-corrected chi connectivity index (χ0v) is 13.0. The van der Waals surface area contributed by atoms with Crippen LogP contribution in [0.2, 0.25) is 0 Å². The average molecular weight is 281 g/mol. The lowest BCUT2D eigenvalue weighted by Crippen LogP contribution is -2.33. The van der Waals surface area contributed by atoms with Crippen LogP contribution in [0.15, 0.2) is 24.3 Å². The summed E-state index contributed by atoms with van der Waals surface area (Å²) in [7, 11) is 0. The molecule has 0 fully saturated rings. The summed E-state index contributed by atoms with van der Waals surface area (Å²) < 4.78 is 16.5. The van der Waals surface area contributed by atoms with Gasteiger partial charge in [0.2, 0.25) is 0 Å². The van der Waals surface area contributed by atoms with Gasteiger partial charge in [0.25, 0.3) is 0 Å². The SMILES string of the molecule is CCOc1ccc(C(C)NCC(OCC)OCC)cc1. The lowest BCUT2D eigenvalue weighted by molar-refractivity contribution is -0.133. The highest BCUT2D eigenvalue weighted by atomic mass is 16.7. The van der Waals surface area contributed by atoms with Crippen LogP contribution in [0.4, 0.5) is 0 Å². The summed E-state index contributed by atoms with van der Waals surface area (Å²) in [4.78, 5) is 0. The van der Waals surface area contributed by atoms with E-state index in [1.807, 2.05) is 32.9 Å². The Hall–Kier alpha value is -1.10. The van der Waals surface area contributed by atoms with Crippen LogP contribution in [0, 0.1) is 0 Å². The number of rotatable bonds is 10. The van der Waals surface area contributed by atoms with Gasteiger partial charge in [0, 0.05) is 25.8 Å². The van der Waals surface area contributed by atoms with E-state index in [-0.39, 0.29) is 12.3 Å². The molecule has 0 aliphatic heterocycles. The van der Waals surface area contributed by atoms with Gasteiger partial charge in [0.1, 0.15) is 5.75 Å². The molecule has 0 amide bonds. The van der Waals surface area contributed by atoms with Gasteiger partial charge in [-0.25, -0.2) is 0 Å². The van der Waals surface area contributed by atoms with Crippen LogP contribution in [0.25, 0.3) is 0 Å². The Morgan fingerprint density at radius 3 is 2.05 bits per heavy atom. The molecule has 1 rings (SSSR count). The van der Waals surface area contributed by atoms with Crippen molar-refractivity contribution in [2.45, 2.75) is 40.0 Å². The van der Waals surface area contributed by atoms with Crippen molar-refractivity contribution in [3.63, 3.8) is 0 Å². The quantitative estimate of drug-likeness (QED) is 0.669. The molecule has 1 aromatic rings. The fourth-order valence-electron chi connectivity index (χ4n) is 1.95. The third-order valence-corrected chi connectivity index (χ3v) is 2.99. The van der Waals surface area contributed by atoms with Crippen molar-refractivity contribution in [1.29, 1.82) is 0 Å². The van der Waals surface area contributed by atoms with Crippen LogP contribution in [0.3, 0.4) is 0 Å². The molecular weight excluding hydrogens is 254 g/mol. The van der Waals surface area contributed by atoms with Crippen molar-refractivity contribution in [3.05, 3.63) is 29.8 Å². The molecule has 1 N–H and O–H groups in total. The number of nitrogens with one attached hydrogen (secondary N) is 1. The van der Waals surface area contributed by atoms with Crippen molar-refractivity contribution < 1.29 is 14.2 Å². The number of ether oxygens (including phenoxy) is 3. The van der Waals surface area contributed by atoms with Crippen molar-refractivity contribution in [2.75, 3.05) is 26.4 Å². The summed E-state index contributed by atoms with van der Waals surface area (Å²) in [6.07, 6.45) is -0.185. The zero-order chi connectivity index (χ0) is 14.8. The molecule has 0 bridgehead atoms. The zero-order valence-electron chi connectivity index (χ0n) is 13.0. The van der Waals surface area contributed by atoms with Crippen LogP contribution in [0.5, 0.6) is 5.75 Å². The van der Waals surface area contributed by atoms with Gasteiger partial charge in [0.15, 0.2) is 6.29 Å². The van der Waals surface area contributed by atoms with Crippen LogP contribution < -0.4 is 10.1 Å². The minimum atomic E-state index is -0.185. The summed E-state index contributed by atoms with van der Waals surface area (Å²) in [5.74, 6) is 0.907. The molecule has 1 aromatic carbocycles. The van der Waals surface area contributed by atoms with Gasteiger partial charge in [-0.2, -0.15) is 0 Å².